The van der Waals surface area contributed by atoms with E-state index in [0.717, 1.165) is 59.5 Å². The van der Waals surface area contributed by atoms with Gasteiger partial charge in [-0.25, -0.2) is 19.6 Å². The van der Waals surface area contributed by atoms with Crippen molar-refractivity contribution >= 4 is 0 Å². The van der Waals surface area contributed by atoms with Gasteiger partial charge in [0, 0.05) is 39.5 Å². The van der Waals surface area contributed by atoms with Gasteiger partial charge in [-0.15, -0.1) is 0 Å². The quantitative estimate of drug-likeness (QED) is 0.506. The summed E-state index contributed by atoms with van der Waals surface area (Å²) < 4.78 is 0. The summed E-state index contributed by atoms with van der Waals surface area (Å²) in [5.74, 6) is 0.190. The molecule has 102 valence electrons. The van der Waals surface area contributed by atoms with Crippen molar-refractivity contribution in [2.45, 2.75) is 5.91 Å². The second-order valence-corrected chi connectivity index (χ2v) is 5.80. The first-order valence-corrected chi connectivity index (χ1v) is 6.92. The first-order valence-electron chi connectivity index (χ1n) is 6.92. The van der Waals surface area contributed by atoms with Crippen molar-refractivity contribution in [1.82, 2.24) is 35.1 Å². The smallest absolute Gasteiger partial charge is 0.198 e. The van der Waals surface area contributed by atoms with Crippen molar-refractivity contribution < 1.29 is 0 Å². The molecule has 18 heavy (non-hydrogen) atoms. The predicted molar refractivity (Wildman–Crippen MR) is 67.9 cm³/mol. The normalized spacial score (nSPS) is 40.5. The molecule has 4 aliphatic heterocycles. The van der Waals surface area contributed by atoms with Gasteiger partial charge in [0.25, 0.3) is 0 Å². The minimum Gasteiger partial charge on any atom is -0.303 e. The third kappa shape index (κ3) is 1.38. The summed E-state index contributed by atoms with van der Waals surface area (Å²) in [5, 5.41) is 6.87. The van der Waals surface area contributed by atoms with Crippen molar-refractivity contribution in [3.63, 3.8) is 0 Å². The second kappa shape index (κ2) is 4.11. The highest BCUT2D eigenvalue weighted by Gasteiger charge is 2.72. The molecule has 4 saturated heterocycles. The maximum atomic E-state index is 3.46. The molecule has 0 radical (unpaired) electrons. The van der Waals surface area contributed by atoms with Crippen molar-refractivity contribution in [3.8, 4) is 0 Å². The van der Waals surface area contributed by atoms with E-state index in [4.69, 9.17) is 0 Å². The van der Waals surface area contributed by atoms with Crippen LogP contribution >= 0.6 is 0 Å². The van der Waals surface area contributed by atoms with Crippen LogP contribution < -0.4 is 10.6 Å². The van der Waals surface area contributed by atoms with Crippen molar-refractivity contribution in [2.75, 3.05) is 66.6 Å². The summed E-state index contributed by atoms with van der Waals surface area (Å²) in [4.78, 5) is 12.7. The van der Waals surface area contributed by atoms with Crippen LogP contribution in [0.25, 0.3) is 0 Å². The van der Waals surface area contributed by atoms with Gasteiger partial charge in [-0.2, -0.15) is 0 Å². The zero-order valence-corrected chi connectivity index (χ0v) is 11.1. The van der Waals surface area contributed by atoms with Gasteiger partial charge in [-0.3, -0.25) is 10.2 Å². The molecule has 1 atom stereocenters. The Morgan fingerprint density at radius 1 is 0.833 bits per heavy atom. The molecule has 4 aliphatic rings. The Bertz CT molecular complexity index is 331. The fourth-order valence-corrected chi connectivity index (χ4v) is 3.69. The zero-order valence-electron chi connectivity index (χ0n) is 11.1. The molecule has 7 nitrogen and oxygen atoms in total. The van der Waals surface area contributed by atoms with Gasteiger partial charge in [0.05, 0.1) is 20.0 Å². The second-order valence-electron chi connectivity index (χ2n) is 5.80. The van der Waals surface area contributed by atoms with Gasteiger partial charge in [0.1, 0.15) is 0 Å². The number of rotatable bonds is 0. The van der Waals surface area contributed by atoms with E-state index in [0.29, 0.717) is 0 Å². The van der Waals surface area contributed by atoms with Gasteiger partial charge < -0.3 is 5.32 Å². The molecule has 0 amide bonds. The van der Waals surface area contributed by atoms with Crippen LogP contribution in [0.15, 0.2) is 0 Å². The van der Waals surface area contributed by atoms with Gasteiger partial charge in [0.2, 0.25) is 0 Å². The summed E-state index contributed by atoms with van der Waals surface area (Å²) in [5.41, 5.74) is 0. The fraction of sp³-hybridized carbons (Fsp3) is 1.00. The van der Waals surface area contributed by atoms with Crippen LogP contribution in [-0.2, 0) is 0 Å². The Labute approximate surface area is 108 Å². The number of nitrogens with zero attached hydrogens (tertiary/aromatic N) is 5. The minimum absolute atomic E-state index is 0.190. The molecular formula is C11H23N7. The maximum absolute atomic E-state index is 3.46. The fourth-order valence-electron chi connectivity index (χ4n) is 3.69. The zero-order chi connectivity index (χ0) is 12.2. The van der Waals surface area contributed by atoms with Crippen molar-refractivity contribution in [2.24, 2.45) is 0 Å². The van der Waals surface area contributed by atoms with E-state index < -0.39 is 0 Å². The van der Waals surface area contributed by atoms with Crippen LogP contribution in [0, 0.1) is 0 Å². The molecule has 0 saturated carbocycles. The Kier molecular flexibility index (Phi) is 2.63. The number of nitrogens with one attached hydrogen (secondary N) is 2. The molecule has 1 spiro atoms. The molecule has 2 N–H and O–H groups in total. The van der Waals surface area contributed by atoms with Crippen molar-refractivity contribution in [3.05, 3.63) is 0 Å². The largest absolute Gasteiger partial charge is 0.303 e. The number of hydrogen-bond donors (Lipinski definition) is 2. The van der Waals surface area contributed by atoms with Gasteiger partial charge in [-0.1, -0.05) is 0 Å². The van der Waals surface area contributed by atoms with Crippen LogP contribution in [-0.4, -0.2) is 97.0 Å². The van der Waals surface area contributed by atoms with E-state index in [2.05, 4.69) is 42.2 Å². The van der Waals surface area contributed by atoms with Gasteiger partial charge >= 0.3 is 0 Å². The molecule has 7 heteroatoms. The van der Waals surface area contributed by atoms with Gasteiger partial charge in [0.15, 0.2) is 5.91 Å². The third-order valence-corrected chi connectivity index (χ3v) is 4.66. The topological polar surface area (TPSA) is 40.3 Å². The van der Waals surface area contributed by atoms with Crippen LogP contribution in [0.5, 0.6) is 0 Å². The third-order valence-electron chi connectivity index (χ3n) is 4.66. The van der Waals surface area contributed by atoms with E-state index in [1.165, 1.54) is 0 Å². The molecule has 4 fully saturated rings. The molecule has 0 aromatic carbocycles. The van der Waals surface area contributed by atoms with Crippen molar-refractivity contribution in [1.29, 1.82) is 0 Å². The summed E-state index contributed by atoms with van der Waals surface area (Å²) >= 11 is 0. The molecule has 0 bridgehead atoms. The number of likely N-dealkylation sites (N-methyl/N-ethyl adjacent to an activating group) is 1. The summed E-state index contributed by atoms with van der Waals surface area (Å²) in [6.07, 6.45) is 0. The Morgan fingerprint density at radius 2 is 1.56 bits per heavy atom. The summed E-state index contributed by atoms with van der Waals surface area (Å²) in [7, 11) is 2.19. The molecule has 0 aliphatic carbocycles. The Balaban J connectivity index is 1.46. The lowest BCUT2D eigenvalue weighted by molar-refractivity contribution is -0.501. The predicted octanol–water partition coefficient (Wildman–Crippen LogP) is -2.24. The molecule has 4 heterocycles. The SMILES string of the molecule is CN1CCN2CN3CN4CN(CCNCNC1)C243. The lowest BCUT2D eigenvalue weighted by Gasteiger charge is -2.82. The van der Waals surface area contributed by atoms with E-state index in [9.17, 15) is 0 Å². The standard InChI is InChI=1S/C11H23N7/c1-14-4-5-16-9-18-10-17-8-15(11(16,17)18)3-2-12-6-13-7-14/h12-13H,2-10H2,1H3. The Morgan fingerprint density at radius 3 is 2.33 bits per heavy atom. The molecule has 4 rings (SSSR count). The van der Waals surface area contributed by atoms with Gasteiger partial charge in [-0.05, 0) is 7.05 Å². The van der Waals surface area contributed by atoms with E-state index in [1.807, 2.05) is 0 Å². The molecule has 0 aromatic heterocycles. The maximum Gasteiger partial charge on any atom is 0.198 e. The lowest BCUT2D eigenvalue weighted by atomic mass is 10.1. The monoisotopic (exact) mass is 253 g/mol. The minimum atomic E-state index is 0.190. The highest BCUT2D eigenvalue weighted by Crippen LogP contribution is 2.51. The van der Waals surface area contributed by atoms with E-state index >= 15 is 0 Å². The summed E-state index contributed by atoms with van der Waals surface area (Å²) in [6.45, 7) is 9.80. The first-order chi connectivity index (χ1) is 8.81. The summed E-state index contributed by atoms with van der Waals surface area (Å²) in [6, 6.07) is 0. The highest BCUT2D eigenvalue weighted by molar-refractivity contribution is 5.10. The van der Waals surface area contributed by atoms with E-state index in [1.54, 1.807) is 0 Å². The van der Waals surface area contributed by atoms with Crippen LogP contribution in [0.4, 0.5) is 0 Å². The number of hydrogen-bond acceptors (Lipinski definition) is 7. The average molecular weight is 253 g/mol. The van der Waals surface area contributed by atoms with E-state index in [-0.39, 0.29) is 5.91 Å². The average Bonchev–Trinajstić information content (AvgIpc) is 2.30. The highest BCUT2D eigenvalue weighted by atomic mass is 15.9. The lowest BCUT2D eigenvalue weighted by Crippen LogP contribution is -3.02. The van der Waals surface area contributed by atoms with Crippen LogP contribution in [0.1, 0.15) is 0 Å². The molecular weight excluding hydrogens is 230 g/mol. The first kappa shape index (κ1) is 11.5. The Hall–Kier alpha value is -0.280. The van der Waals surface area contributed by atoms with Crippen LogP contribution in [0.3, 0.4) is 0 Å². The molecule has 1 unspecified atom stereocenters. The van der Waals surface area contributed by atoms with Crippen LogP contribution in [0.2, 0.25) is 0 Å². The molecule has 0 aromatic rings.